The Balaban J connectivity index is 1.27. The second-order valence-corrected chi connectivity index (χ2v) is 10.1. The van der Waals surface area contributed by atoms with Crippen LogP contribution in [0.1, 0.15) is 42.4 Å². The van der Waals surface area contributed by atoms with Crippen molar-refractivity contribution in [1.29, 1.82) is 10.5 Å². The van der Waals surface area contributed by atoms with Crippen LogP contribution in [0.3, 0.4) is 0 Å². The van der Waals surface area contributed by atoms with Crippen molar-refractivity contribution >= 4 is 28.9 Å². The first-order chi connectivity index (χ1) is 20.1. The minimum Gasteiger partial charge on any atom is -0.367 e. The summed E-state index contributed by atoms with van der Waals surface area (Å²) in [6.45, 7) is 0.454. The Kier molecular flexibility index (Phi) is 8.73. The average Bonchev–Trinajstić information content (AvgIpc) is 3.03. The number of nitriles is 2. The van der Waals surface area contributed by atoms with Crippen LogP contribution in [0.2, 0.25) is 0 Å². The molecule has 3 aromatic carbocycles. The second kappa shape index (κ2) is 13.1. The van der Waals surface area contributed by atoms with Crippen LogP contribution in [-0.2, 0) is 6.54 Å². The third-order valence-electron chi connectivity index (χ3n) is 7.26. The molecule has 0 atom stereocenters. The Morgan fingerprint density at radius 1 is 0.805 bits per heavy atom. The molecular weight excluding hydrogens is 510 g/mol. The minimum absolute atomic E-state index is 0.0510. The van der Waals surface area contributed by atoms with Gasteiger partial charge in [0.1, 0.15) is 11.9 Å². The summed E-state index contributed by atoms with van der Waals surface area (Å²) in [5, 5.41) is 28.0. The van der Waals surface area contributed by atoms with E-state index in [0.29, 0.717) is 17.7 Å². The molecule has 0 bridgehead atoms. The molecule has 4 aromatic rings. The van der Waals surface area contributed by atoms with Crippen molar-refractivity contribution in [1.82, 2.24) is 10.3 Å². The first-order valence-electron chi connectivity index (χ1n) is 13.7. The van der Waals surface area contributed by atoms with Gasteiger partial charge < -0.3 is 16.0 Å². The van der Waals surface area contributed by atoms with Gasteiger partial charge in [0.15, 0.2) is 0 Å². The van der Waals surface area contributed by atoms with Gasteiger partial charge in [-0.1, -0.05) is 30.3 Å². The fourth-order valence-electron chi connectivity index (χ4n) is 5.09. The van der Waals surface area contributed by atoms with E-state index in [-0.39, 0.29) is 18.1 Å². The molecule has 0 saturated heterocycles. The van der Waals surface area contributed by atoms with Crippen LogP contribution in [0.15, 0.2) is 97.2 Å². The van der Waals surface area contributed by atoms with Gasteiger partial charge in [-0.3, -0.25) is 4.90 Å². The van der Waals surface area contributed by atoms with E-state index in [1.807, 2.05) is 77.7 Å². The van der Waals surface area contributed by atoms with E-state index in [4.69, 9.17) is 10.5 Å². The van der Waals surface area contributed by atoms with Gasteiger partial charge in [-0.2, -0.15) is 10.5 Å². The molecule has 41 heavy (non-hydrogen) atoms. The zero-order chi connectivity index (χ0) is 28.4. The maximum absolute atomic E-state index is 13.6. The van der Waals surface area contributed by atoms with Crippen molar-refractivity contribution in [3.8, 4) is 12.1 Å². The van der Waals surface area contributed by atoms with E-state index in [1.54, 1.807) is 24.4 Å². The van der Waals surface area contributed by atoms with Gasteiger partial charge in [0.25, 0.3) is 0 Å². The smallest absolute Gasteiger partial charge is 0.322 e. The van der Waals surface area contributed by atoms with Crippen LogP contribution < -0.4 is 20.9 Å². The summed E-state index contributed by atoms with van der Waals surface area (Å²) in [6.07, 6.45) is 5.06. The van der Waals surface area contributed by atoms with Crippen LogP contribution in [0.4, 0.5) is 27.7 Å². The molecule has 3 N–H and O–H groups in total. The minimum atomic E-state index is -0.119. The number of pyridine rings is 1. The van der Waals surface area contributed by atoms with Crippen molar-refractivity contribution in [2.75, 3.05) is 15.5 Å². The average molecular weight is 542 g/mol. The molecule has 2 amide bonds. The van der Waals surface area contributed by atoms with Crippen LogP contribution in [-0.4, -0.2) is 23.1 Å². The summed E-state index contributed by atoms with van der Waals surface area (Å²) in [5.41, 5.74) is 4.81. The van der Waals surface area contributed by atoms with Gasteiger partial charge in [-0.15, -0.1) is 0 Å². The molecule has 0 unspecified atom stereocenters. The highest BCUT2D eigenvalue weighted by Gasteiger charge is 2.30. The number of anilines is 4. The number of benzene rings is 3. The Hall–Kier alpha value is -5.34. The van der Waals surface area contributed by atoms with Crippen molar-refractivity contribution in [3.63, 3.8) is 0 Å². The Labute approximate surface area is 240 Å². The normalized spacial score (nSPS) is 16.0. The zero-order valence-electron chi connectivity index (χ0n) is 22.6. The standard InChI is InChI=1S/C33H31N7O/c34-20-24-6-9-27(10-7-24)38-28-11-15-30(16-12-28)40(33(41)37-22-25-4-2-1-3-5-25)31-17-13-29(14-18-31)39-32-19-8-26(21-35)23-36-32/h1-12,15-16,19,23,29,31,38H,13-14,17-18,22H2,(H,36,39)(H,37,41). The molecule has 0 radical (unpaired) electrons. The summed E-state index contributed by atoms with van der Waals surface area (Å²) in [4.78, 5) is 19.8. The van der Waals surface area contributed by atoms with Gasteiger partial charge in [0, 0.05) is 41.9 Å². The van der Waals surface area contributed by atoms with E-state index < -0.39 is 0 Å². The molecule has 8 nitrogen and oxygen atoms in total. The van der Waals surface area contributed by atoms with Gasteiger partial charge in [-0.05, 0) is 91.9 Å². The Bertz CT molecular complexity index is 1510. The lowest BCUT2D eigenvalue weighted by molar-refractivity contribution is 0.240. The Morgan fingerprint density at radius 3 is 2.05 bits per heavy atom. The monoisotopic (exact) mass is 541 g/mol. The first kappa shape index (κ1) is 27.2. The topological polar surface area (TPSA) is 117 Å². The van der Waals surface area contributed by atoms with Gasteiger partial charge in [0.05, 0.1) is 17.2 Å². The second-order valence-electron chi connectivity index (χ2n) is 10.1. The predicted molar refractivity (Wildman–Crippen MR) is 161 cm³/mol. The molecule has 1 saturated carbocycles. The fraction of sp³-hybridized carbons (Fsp3) is 0.212. The summed E-state index contributed by atoms with van der Waals surface area (Å²) in [5.74, 6) is 0.760. The summed E-state index contributed by atoms with van der Waals surface area (Å²) in [6, 6.07) is 33.1. The number of carbonyl (C=O) groups is 1. The maximum Gasteiger partial charge on any atom is 0.322 e. The highest BCUT2D eigenvalue weighted by molar-refractivity contribution is 5.93. The number of carbonyl (C=O) groups excluding carboxylic acids is 1. The number of hydrogen-bond donors (Lipinski definition) is 3. The third-order valence-corrected chi connectivity index (χ3v) is 7.26. The number of hydrogen-bond acceptors (Lipinski definition) is 6. The molecule has 204 valence electrons. The molecule has 1 aromatic heterocycles. The van der Waals surface area contributed by atoms with Crippen LogP contribution in [0.25, 0.3) is 0 Å². The third kappa shape index (κ3) is 7.20. The lowest BCUT2D eigenvalue weighted by atomic mass is 9.90. The Morgan fingerprint density at radius 2 is 1.44 bits per heavy atom. The van der Waals surface area contributed by atoms with Gasteiger partial charge in [-0.25, -0.2) is 9.78 Å². The van der Waals surface area contributed by atoms with E-state index in [2.05, 4.69) is 33.1 Å². The molecule has 8 heteroatoms. The van der Waals surface area contributed by atoms with E-state index >= 15 is 0 Å². The van der Waals surface area contributed by atoms with Crippen LogP contribution >= 0.6 is 0 Å². The van der Waals surface area contributed by atoms with Crippen LogP contribution in [0, 0.1) is 22.7 Å². The quantitative estimate of drug-likeness (QED) is 0.228. The van der Waals surface area contributed by atoms with Gasteiger partial charge in [0.2, 0.25) is 0 Å². The molecule has 5 rings (SSSR count). The molecule has 0 aliphatic heterocycles. The number of nitrogens with zero attached hydrogens (tertiary/aromatic N) is 4. The lowest BCUT2D eigenvalue weighted by Gasteiger charge is -2.37. The largest absolute Gasteiger partial charge is 0.367 e. The van der Waals surface area contributed by atoms with E-state index in [1.165, 1.54) is 0 Å². The predicted octanol–water partition coefficient (Wildman–Crippen LogP) is 6.71. The van der Waals surface area contributed by atoms with Crippen molar-refractivity contribution in [2.45, 2.75) is 44.3 Å². The summed E-state index contributed by atoms with van der Waals surface area (Å²) >= 11 is 0. The van der Waals surface area contributed by atoms with Crippen molar-refractivity contribution in [3.05, 3.63) is 114 Å². The fourth-order valence-corrected chi connectivity index (χ4v) is 5.09. The molecule has 1 aliphatic carbocycles. The maximum atomic E-state index is 13.6. The summed E-state index contributed by atoms with van der Waals surface area (Å²) in [7, 11) is 0. The SMILES string of the molecule is N#Cc1ccc(Nc2ccc(N(C(=O)NCc3ccccc3)C3CCC(Nc4ccc(C#N)cn4)CC3)cc2)cc1. The molecule has 1 aliphatic rings. The first-order valence-corrected chi connectivity index (χ1v) is 13.7. The molecular formula is C33H31N7O. The van der Waals surface area contributed by atoms with Crippen molar-refractivity contribution in [2.24, 2.45) is 0 Å². The zero-order valence-corrected chi connectivity index (χ0v) is 22.6. The highest BCUT2D eigenvalue weighted by Crippen LogP contribution is 2.30. The number of urea groups is 1. The lowest BCUT2D eigenvalue weighted by Crippen LogP contribution is -2.48. The number of rotatable bonds is 8. The summed E-state index contributed by atoms with van der Waals surface area (Å²) < 4.78 is 0. The molecule has 1 heterocycles. The van der Waals surface area contributed by atoms with Crippen molar-refractivity contribution < 1.29 is 4.79 Å². The number of amides is 2. The number of aromatic nitrogens is 1. The van der Waals surface area contributed by atoms with E-state index in [9.17, 15) is 4.79 Å². The highest BCUT2D eigenvalue weighted by atomic mass is 16.2. The molecule has 0 spiro atoms. The van der Waals surface area contributed by atoms with Crippen LogP contribution in [0.5, 0.6) is 0 Å². The van der Waals surface area contributed by atoms with Gasteiger partial charge >= 0.3 is 6.03 Å². The molecule has 1 fully saturated rings. The van der Waals surface area contributed by atoms with E-state index in [0.717, 1.165) is 54.1 Å². The number of nitrogens with one attached hydrogen (secondary N) is 3.